The predicted molar refractivity (Wildman–Crippen MR) is 472 cm³/mol. The highest BCUT2D eigenvalue weighted by Gasteiger charge is 2.53. The van der Waals surface area contributed by atoms with E-state index in [-0.39, 0.29) is 12.7 Å². The number of phosphoric ester groups is 1. The van der Waals surface area contributed by atoms with E-state index in [2.05, 4.69) is 197 Å². The van der Waals surface area contributed by atoms with Crippen LogP contribution in [-0.4, -0.2) is 240 Å². The van der Waals surface area contributed by atoms with Crippen LogP contribution in [0.1, 0.15) is 12.8 Å². The maximum atomic E-state index is 10.9. The number of phosphoric acid groups is 1. The van der Waals surface area contributed by atoms with Crippen molar-refractivity contribution in [2.75, 3.05) is 33.0 Å². The molecule has 0 aromatic heterocycles. The van der Waals surface area contributed by atoms with Crippen LogP contribution in [0.3, 0.4) is 0 Å². The fourth-order valence-corrected chi connectivity index (χ4v) is 98.1. The number of ether oxygens (including phenoxy) is 1. The van der Waals surface area contributed by atoms with Crippen molar-refractivity contribution in [3.8, 4) is 0 Å². The van der Waals surface area contributed by atoms with Crippen LogP contribution in [0, 0.1) is 0 Å². The van der Waals surface area contributed by atoms with Gasteiger partial charge >= 0.3 is 118 Å². The van der Waals surface area contributed by atoms with Gasteiger partial charge in [0.05, 0.1) is 19.7 Å². The molecule has 624 valence electrons. The zero-order chi connectivity index (χ0) is 83.2. The third-order valence-corrected chi connectivity index (χ3v) is 78.4. The Balaban J connectivity index is -0.000000711. The second-order valence-electron chi connectivity index (χ2n) is 35.4. The Morgan fingerprint density at radius 3 is 0.835 bits per heavy atom. The molecular formula is C54H160N2O25PSi21+. The van der Waals surface area contributed by atoms with E-state index in [4.69, 9.17) is 75.5 Å². The summed E-state index contributed by atoms with van der Waals surface area (Å²) in [4.78, 5) is 59.2. The first-order valence-corrected chi connectivity index (χ1v) is 97.2. The zero-order valence-corrected chi connectivity index (χ0v) is 95.8. The standard InChI is InChI=1S/C34H102N2O16Si15.C5H9O6P.3C5H16OSi2/c1-54(2,3)40-55(4,5)41-56(6,7)42-57(8,9)43-58(10,11)44-59(12,13)45-60(14,15)46-61(16,17)47-62(18,19)48-63(20,21)49-64(22,23)50-65(24,25)51-66(26,27)52-67(38,39)33-29-31-36-34-35-30-28-32-53-37;1-2-5(6)10-3-4-11-12(7,8)9;3*1-7(2)6-8(3,4)5/h35-39H,28-34,53H2,1-27H3;2H,1,3-4H2,(H2,7,8,9);3*7H,1-5H3/p+1. The molecule has 0 saturated carbocycles. The highest BCUT2D eigenvalue weighted by Crippen LogP contribution is 2.33. The summed E-state index contributed by atoms with van der Waals surface area (Å²) in [7, 11) is -50.2. The number of nitrogens with two attached hydrogens (primary N) is 2. The highest BCUT2D eigenvalue weighted by atomic mass is 31.2. The van der Waals surface area contributed by atoms with E-state index in [1.165, 1.54) is 0 Å². The molecule has 0 heterocycles. The van der Waals surface area contributed by atoms with Gasteiger partial charge < -0.3 is 99.3 Å². The number of rotatable bonds is 47. The number of carbonyl (C=O) groups excluding carboxylic acids is 1. The third-order valence-electron chi connectivity index (χ3n) is 10.9. The molecule has 0 aliphatic heterocycles. The molecule has 27 nitrogen and oxygen atoms in total. The Kier molecular flexibility index (Phi) is 53.3. The molecule has 0 aromatic carbocycles. The van der Waals surface area contributed by atoms with Gasteiger partial charge in [-0.3, -0.25) is 15.2 Å². The molecule has 0 fully saturated rings. The van der Waals surface area contributed by atoms with E-state index >= 15 is 0 Å². The van der Waals surface area contributed by atoms with Gasteiger partial charge in [-0.25, -0.2) is 4.79 Å². The van der Waals surface area contributed by atoms with Crippen molar-refractivity contribution < 1.29 is 119 Å². The molecular weight excluding hydrogens is 1700 g/mol. The molecule has 8 N–H and O–H groups in total. The molecule has 0 rings (SSSR count). The van der Waals surface area contributed by atoms with Gasteiger partial charge in [0.2, 0.25) is 6.67 Å². The summed E-state index contributed by atoms with van der Waals surface area (Å²) in [6.45, 7) is 93.5. The average Bonchev–Trinajstić information content (AvgIpc) is 0.759. The third kappa shape index (κ3) is 80.0. The van der Waals surface area contributed by atoms with Gasteiger partial charge in [-0.05, 0) is 287 Å². The van der Waals surface area contributed by atoms with Crippen molar-refractivity contribution in [3.63, 3.8) is 0 Å². The van der Waals surface area contributed by atoms with E-state index in [0.29, 0.717) is 6.42 Å². The molecule has 0 bridgehead atoms. The van der Waals surface area contributed by atoms with Crippen LogP contribution in [0.15, 0.2) is 12.7 Å². The first kappa shape index (κ1) is 115. The van der Waals surface area contributed by atoms with Crippen LogP contribution >= 0.6 is 7.82 Å². The normalized spacial score (nSPS) is 14.9. The Morgan fingerprint density at radius 1 is 0.408 bits per heavy atom. The fourth-order valence-electron chi connectivity index (χ4n) is 11.6. The average molecular weight is 1860 g/mol. The van der Waals surface area contributed by atoms with E-state index in [1.54, 1.807) is 0 Å². The van der Waals surface area contributed by atoms with Crippen LogP contribution in [0.25, 0.3) is 0 Å². The van der Waals surface area contributed by atoms with Crippen LogP contribution in [0.2, 0.25) is 287 Å². The van der Waals surface area contributed by atoms with E-state index in [9.17, 15) is 23.8 Å². The minimum absolute atomic E-state index is 0.202. The van der Waals surface area contributed by atoms with Gasteiger partial charge in [0.15, 0.2) is 70.2 Å². The molecule has 0 radical (unpaired) electrons. The first-order chi connectivity index (χ1) is 45.0. The number of carbonyl (C=O) groups is 1. The number of hydrogen-bond acceptors (Lipinski definition) is 24. The summed E-state index contributed by atoms with van der Waals surface area (Å²) in [5, 5.41) is 4.37. The van der Waals surface area contributed by atoms with Gasteiger partial charge in [-0.15, -0.1) is 0 Å². The molecule has 0 aliphatic carbocycles. The van der Waals surface area contributed by atoms with Crippen LogP contribution in [-0.2, 0) is 84.5 Å². The molecule has 0 aliphatic rings. The topological polar surface area (TPSA) is 337 Å². The quantitative estimate of drug-likeness (QED) is 0.00823. The summed E-state index contributed by atoms with van der Waals surface area (Å²) >= 11 is 0. The second-order valence-corrected chi connectivity index (χ2v) is 110. The molecule has 103 heavy (non-hydrogen) atoms. The zero-order valence-electron chi connectivity index (χ0n) is 73.1. The molecule has 0 spiro atoms. The van der Waals surface area contributed by atoms with Crippen molar-refractivity contribution in [2.45, 2.75) is 300 Å². The van der Waals surface area contributed by atoms with Gasteiger partial charge in [-0.2, -0.15) is 0 Å². The fraction of sp³-hybridized carbons (Fsp3) is 0.944. The molecule has 1 atom stereocenters. The van der Waals surface area contributed by atoms with Crippen molar-refractivity contribution in [2.24, 2.45) is 0 Å². The number of esters is 1. The summed E-state index contributed by atoms with van der Waals surface area (Å²) in [6.07, 6.45) is 2.59. The van der Waals surface area contributed by atoms with Gasteiger partial charge in [0.25, 0.3) is 7.82 Å². The first-order valence-electron chi connectivity index (χ1n) is 36.3. The van der Waals surface area contributed by atoms with Crippen molar-refractivity contribution in [3.05, 3.63) is 12.7 Å². The SMILES string of the molecule is C=CC(=O)OCCOP(=O)([O-])O.C[SiH](C)O[Si](C)(C)C.C[SiH](C)O[Si](C)(C)C.C[SiH](C)O[Si](C)(C)C.C[Si](C)(C)O[Si](C)(C)O[Si](C)(C)O[Si](C)(C)O[Si](C)(C)O[Si](C)(C)O[Si](C)(C)O[Si](C)(C)O[Si](C)(C)O[Si](C)(C)O[Si](C)(C)O[Si](C)(C)O[Si](C)(C)O[Si](O)(O)CCC[NH2+]C[NH2+]CCC[SiH2]O. The number of quaternary nitrogens is 2. The summed E-state index contributed by atoms with van der Waals surface area (Å²) < 4.78 is 122. The highest BCUT2D eigenvalue weighted by molar-refractivity contribution is 7.44. The van der Waals surface area contributed by atoms with Crippen molar-refractivity contribution >= 4 is 195 Å². The lowest BCUT2D eigenvalue weighted by Crippen LogP contribution is -3.05. The van der Waals surface area contributed by atoms with Crippen LogP contribution in [0.5, 0.6) is 0 Å². The molecule has 1 unspecified atom stereocenters. The van der Waals surface area contributed by atoms with Gasteiger partial charge in [0, 0.05) is 18.5 Å². The lowest BCUT2D eigenvalue weighted by Gasteiger charge is -2.45. The summed E-state index contributed by atoms with van der Waals surface area (Å²) in [5.41, 5.74) is 0. The largest absolute Gasteiger partial charge is 0.756 e. The molecule has 49 heteroatoms. The summed E-state index contributed by atoms with van der Waals surface area (Å²) in [6, 6.07) is 1.15. The minimum atomic E-state index is -4.70. The Hall–Kier alpha value is 3.03. The molecule has 0 aromatic rings. The minimum Gasteiger partial charge on any atom is -0.756 e. The lowest BCUT2D eigenvalue weighted by atomic mass is 10.5. The maximum absolute atomic E-state index is 10.9. The van der Waals surface area contributed by atoms with Crippen molar-refractivity contribution in [1.82, 2.24) is 0 Å². The number of hydrogen-bond donors (Lipinski definition) is 6. The van der Waals surface area contributed by atoms with Gasteiger partial charge in [-0.1, -0.05) is 6.58 Å². The van der Waals surface area contributed by atoms with E-state index in [1.807, 2.05) is 105 Å². The van der Waals surface area contributed by atoms with Crippen LogP contribution in [0.4, 0.5) is 0 Å². The monoisotopic (exact) mass is 1860 g/mol. The second kappa shape index (κ2) is 47.9. The maximum Gasteiger partial charge on any atom is 0.486 e. The Morgan fingerprint density at radius 2 is 0.641 bits per heavy atom. The van der Waals surface area contributed by atoms with Gasteiger partial charge in [0.1, 0.15) is 6.61 Å². The lowest BCUT2D eigenvalue weighted by molar-refractivity contribution is -0.857. The Bertz CT molecular complexity index is 2350. The smallest absolute Gasteiger partial charge is 0.486 e. The van der Waals surface area contributed by atoms with E-state index < -0.39 is 202 Å². The Labute approximate surface area is 655 Å². The molecule has 0 amide bonds. The van der Waals surface area contributed by atoms with E-state index in [0.717, 1.165) is 38.3 Å². The predicted octanol–water partition coefficient (Wildman–Crippen LogP) is 10.4. The molecule has 0 saturated heterocycles. The van der Waals surface area contributed by atoms with Crippen LogP contribution < -0.4 is 15.5 Å². The summed E-state index contributed by atoms with van der Waals surface area (Å²) in [5.74, 6) is -0.683. The van der Waals surface area contributed by atoms with Crippen molar-refractivity contribution in [1.29, 1.82) is 0 Å².